The molecule has 1 N–H and O–H groups in total. The Labute approximate surface area is 190 Å². The van der Waals surface area contributed by atoms with Gasteiger partial charge in [0, 0.05) is 28.7 Å². The van der Waals surface area contributed by atoms with E-state index in [9.17, 15) is 18.0 Å². The lowest BCUT2D eigenvalue weighted by Crippen LogP contribution is -2.18. The van der Waals surface area contributed by atoms with Crippen LogP contribution in [0, 0.1) is 0 Å². The van der Waals surface area contributed by atoms with E-state index in [1.807, 2.05) is 12.1 Å². The Kier molecular flexibility index (Phi) is 7.49. The van der Waals surface area contributed by atoms with Crippen molar-refractivity contribution in [2.45, 2.75) is 15.5 Å². The Balaban J connectivity index is 1.82. The molecule has 0 aliphatic heterocycles. The number of thioether (sulfide) groups is 1. The van der Waals surface area contributed by atoms with Crippen LogP contribution < -0.4 is 4.72 Å². The third-order valence-corrected chi connectivity index (χ3v) is 6.84. The average Bonchev–Trinajstić information content (AvgIpc) is 2.82. The Morgan fingerprint density at radius 2 is 1.72 bits per heavy atom. The lowest BCUT2D eigenvalue weighted by atomic mass is 10.1. The summed E-state index contributed by atoms with van der Waals surface area (Å²) in [5, 5.41) is 0. The number of esters is 2. The predicted octanol–water partition coefficient (Wildman–Crippen LogP) is 3.75. The van der Waals surface area contributed by atoms with Gasteiger partial charge in [-0.1, -0.05) is 6.07 Å². The van der Waals surface area contributed by atoms with Crippen molar-refractivity contribution in [3.05, 3.63) is 83.7 Å². The summed E-state index contributed by atoms with van der Waals surface area (Å²) >= 11 is 1.58. The van der Waals surface area contributed by atoms with Crippen LogP contribution in [0.5, 0.6) is 0 Å². The minimum absolute atomic E-state index is 0.0114. The number of nitrogens with one attached hydrogen (secondary N) is 1. The van der Waals surface area contributed by atoms with Gasteiger partial charge in [0.25, 0.3) is 10.0 Å². The van der Waals surface area contributed by atoms with E-state index in [0.717, 1.165) is 29.4 Å². The first-order valence-corrected chi connectivity index (χ1v) is 11.8. The van der Waals surface area contributed by atoms with E-state index in [1.54, 1.807) is 48.4 Å². The van der Waals surface area contributed by atoms with Crippen LogP contribution in [0.25, 0.3) is 0 Å². The fourth-order valence-electron chi connectivity index (χ4n) is 2.75. The summed E-state index contributed by atoms with van der Waals surface area (Å²) in [4.78, 5) is 28.6. The number of nitrogens with zero attached hydrogens (tertiary/aromatic N) is 1. The van der Waals surface area contributed by atoms with E-state index in [1.165, 1.54) is 19.2 Å². The number of hydrogen-bond acceptors (Lipinski definition) is 8. The van der Waals surface area contributed by atoms with Crippen LogP contribution >= 0.6 is 11.8 Å². The summed E-state index contributed by atoms with van der Waals surface area (Å²) in [5.41, 5.74) is 1.16. The van der Waals surface area contributed by atoms with Gasteiger partial charge in [0.15, 0.2) is 0 Å². The van der Waals surface area contributed by atoms with E-state index in [-0.39, 0.29) is 16.0 Å². The van der Waals surface area contributed by atoms with Gasteiger partial charge in [-0.05, 0) is 54.1 Å². The molecule has 10 heteroatoms. The van der Waals surface area contributed by atoms with E-state index < -0.39 is 22.0 Å². The molecule has 2 aromatic carbocycles. The molecule has 0 spiro atoms. The Morgan fingerprint density at radius 3 is 2.34 bits per heavy atom. The van der Waals surface area contributed by atoms with Crippen molar-refractivity contribution in [3.8, 4) is 0 Å². The molecule has 0 unspecified atom stereocenters. The van der Waals surface area contributed by atoms with E-state index in [0.29, 0.717) is 5.69 Å². The number of anilines is 1. The molecular formula is C22H20N2O6S2. The highest BCUT2D eigenvalue weighted by Crippen LogP contribution is 2.26. The summed E-state index contributed by atoms with van der Waals surface area (Å²) < 4.78 is 37.8. The summed E-state index contributed by atoms with van der Waals surface area (Å²) in [5.74, 6) is -0.848. The molecule has 8 nitrogen and oxygen atoms in total. The highest BCUT2D eigenvalue weighted by atomic mass is 32.2. The molecular weight excluding hydrogens is 452 g/mol. The highest BCUT2D eigenvalue weighted by molar-refractivity contribution is 7.98. The van der Waals surface area contributed by atoms with Crippen LogP contribution in [0.3, 0.4) is 0 Å². The first-order valence-electron chi connectivity index (χ1n) is 9.29. The molecule has 0 aliphatic carbocycles. The lowest BCUT2D eigenvalue weighted by molar-refractivity contribution is 0.0583. The molecule has 0 saturated carbocycles. The quantitative estimate of drug-likeness (QED) is 0.390. The number of aromatic nitrogens is 1. The molecule has 3 rings (SSSR count). The molecule has 0 radical (unpaired) electrons. The van der Waals surface area contributed by atoms with Crippen molar-refractivity contribution in [3.63, 3.8) is 0 Å². The summed E-state index contributed by atoms with van der Waals surface area (Å²) in [7, 11) is -1.89. The topological polar surface area (TPSA) is 112 Å². The monoisotopic (exact) mass is 472 g/mol. The van der Waals surface area contributed by atoms with Crippen LogP contribution in [0.1, 0.15) is 26.3 Å². The maximum atomic E-state index is 13.0. The predicted molar refractivity (Wildman–Crippen MR) is 120 cm³/mol. The average molecular weight is 473 g/mol. The maximum Gasteiger partial charge on any atom is 0.339 e. The number of ether oxygens (including phenoxy) is 2. The van der Waals surface area contributed by atoms with Crippen molar-refractivity contribution in [1.82, 2.24) is 4.98 Å². The van der Waals surface area contributed by atoms with Crippen molar-refractivity contribution in [2.75, 3.05) is 18.9 Å². The van der Waals surface area contributed by atoms with Crippen LogP contribution in [0.15, 0.2) is 76.8 Å². The van der Waals surface area contributed by atoms with Crippen molar-refractivity contribution in [1.29, 1.82) is 0 Å². The normalized spacial score (nSPS) is 10.9. The van der Waals surface area contributed by atoms with Crippen LogP contribution in [-0.2, 0) is 25.2 Å². The van der Waals surface area contributed by atoms with Crippen molar-refractivity contribution in [2.24, 2.45) is 0 Å². The third kappa shape index (κ3) is 5.65. The molecule has 0 atom stereocenters. The SMILES string of the molecule is COC(=O)c1ccc(C(=O)OC)c(S(=O)(=O)Nc2ccc(SCc3cccnc3)cc2)c1. The molecule has 32 heavy (non-hydrogen) atoms. The summed E-state index contributed by atoms with van der Waals surface area (Å²) in [6, 6.07) is 14.2. The van der Waals surface area contributed by atoms with Gasteiger partial charge in [-0.2, -0.15) is 0 Å². The zero-order valence-corrected chi connectivity index (χ0v) is 18.9. The van der Waals surface area contributed by atoms with Gasteiger partial charge >= 0.3 is 11.9 Å². The number of carbonyl (C=O) groups excluding carboxylic acids is 2. The molecule has 3 aromatic rings. The van der Waals surface area contributed by atoms with E-state index >= 15 is 0 Å². The zero-order chi connectivity index (χ0) is 23.1. The number of benzene rings is 2. The molecule has 0 aliphatic rings. The van der Waals surface area contributed by atoms with Gasteiger partial charge in [0.05, 0.1) is 25.3 Å². The van der Waals surface area contributed by atoms with Crippen molar-refractivity contribution < 1.29 is 27.5 Å². The van der Waals surface area contributed by atoms with Crippen LogP contribution in [-0.4, -0.2) is 39.6 Å². The minimum atomic E-state index is -4.21. The second-order valence-corrected chi connectivity index (χ2v) is 9.17. The molecule has 0 saturated heterocycles. The first-order chi connectivity index (χ1) is 15.3. The fourth-order valence-corrected chi connectivity index (χ4v) is 4.86. The number of hydrogen-bond donors (Lipinski definition) is 1. The smallest absolute Gasteiger partial charge is 0.339 e. The number of sulfonamides is 1. The Hall–Kier alpha value is -3.37. The number of carbonyl (C=O) groups is 2. The standard InChI is InChI=1S/C22H20N2O6S2/c1-29-21(25)16-5-10-19(22(26)30-2)20(12-16)32(27,28)24-17-6-8-18(9-7-17)31-14-15-4-3-11-23-13-15/h3-13,24H,14H2,1-2H3. The van der Waals surface area contributed by atoms with E-state index in [2.05, 4.69) is 19.2 Å². The van der Waals surface area contributed by atoms with Gasteiger partial charge in [-0.3, -0.25) is 9.71 Å². The second kappa shape index (κ2) is 10.3. The molecule has 1 heterocycles. The number of methoxy groups -OCH3 is 2. The number of rotatable bonds is 8. The number of pyridine rings is 1. The van der Waals surface area contributed by atoms with Gasteiger partial charge in [0.2, 0.25) is 0 Å². The van der Waals surface area contributed by atoms with Crippen molar-refractivity contribution >= 4 is 39.4 Å². The fraction of sp³-hybridized carbons (Fsp3) is 0.136. The molecule has 0 bridgehead atoms. The first kappa shape index (κ1) is 23.3. The van der Waals surface area contributed by atoms with Crippen LogP contribution in [0.4, 0.5) is 5.69 Å². The lowest BCUT2D eigenvalue weighted by Gasteiger charge is -2.13. The second-order valence-electron chi connectivity index (χ2n) is 6.47. The zero-order valence-electron chi connectivity index (χ0n) is 17.3. The molecule has 166 valence electrons. The van der Waals surface area contributed by atoms with Gasteiger partial charge in [-0.25, -0.2) is 18.0 Å². The molecule has 0 amide bonds. The van der Waals surface area contributed by atoms with Gasteiger partial charge < -0.3 is 9.47 Å². The van der Waals surface area contributed by atoms with Gasteiger partial charge in [0.1, 0.15) is 4.90 Å². The molecule has 1 aromatic heterocycles. The largest absolute Gasteiger partial charge is 0.465 e. The third-order valence-electron chi connectivity index (χ3n) is 4.33. The highest BCUT2D eigenvalue weighted by Gasteiger charge is 2.25. The Bertz CT molecular complexity index is 1210. The molecule has 0 fully saturated rings. The summed E-state index contributed by atoms with van der Waals surface area (Å²) in [6.45, 7) is 0. The van der Waals surface area contributed by atoms with Crippen LogP contribution in [0.2, 0.25) is 0 Å². The van der Waals surface area contributed by atoms with Gasteiger partial charge in [-0.15, -0.1) is 11.8 Å². The van der Waals surface area contributed by atoms with E-state index in [4.69, 9.17) is 0 Å². The minimum Gasteiger partial charge on any atom is -0.465 e. The summed E-state index contributed by atoms with van der Waals surface area (Å²) in [6.07, 6.45) is 3.50. The maximum absolute atomic E-state index is 13.0. The Morgan fingerprint density at radius 1 is 1.00 bits per heavy atom.